The molecule has 2 N–H and O–H groups in total. The molecule has 3 heteroatoms. The molecule has 0 aliphatic heterocycles. The van der Waals surface area contributed by atoms with Crippen LogP contribution in [-0.4, -0.2) is 29.4 Å². The van der Waals surface area contributed by atoms with Crippen molar-refractivity contribution in [2.45, 2.75) is 65.5 Å². The summed E-state index contributed by atoms with van der Waals surface area (Å²) in [5.74, 6) is 0.271. The van der Waals surface area contributed by atoms with Gasteiger partial charge in [0, 0.05) is 25.0 Å². The van der Waals surface area contributed by atoms with E-state index in [2.05, 4.69) is 20.8 Å². The van der Waals surface area contributed by atoms with Gasteiger partial charge in [-0.3, -0.25) is 4.79 Å². The van der Waals surface area contributed by atoms with Crippen LogP contribution in [-0.2, 0) is 4.79 Å². The van der Waals surface area contributed by atoms with Crippen molar-refractivity contribution in [1.82, 2.24) is 4.90 Å². The van der Waals surface area contributed by atoms with Crippen LogP contribution in [0.3, 0.4) is 0 Å². The number of amides is 1. The summed E-state index contributed by atoms with van der Waals surface area (Å²) >= 11 is 0. The van der Waals surface area contributed by atoms with Crippen molar-refractivity contribution in [1.29, 1.82) is 0 Å². The summed E-state index contributed by atoms with van der Waals surface area (Å²) in [4.78, 5) is 13.8. The molecule has 0 rings (SSSR count). The molecule has 1 unspecified atom stereocenters. The van der Waals surface area contributed by atoms with Gasteiger partial charge in [-0.05, 0) is 40.0 Å². The Morgan fingerprint density at radius 2 is 1.93 bits per heavy atom. The fourth-order valence-electron chi connectivity index (χ4n) is 1.63. The molecule has 0 aromatic carbocycles. The van der Waals surface area contributed by atoms with Gasteiger partial charge in [-0.2, -0.15) is 0 Å². The molecule has 3 nitrogen and oxygen atoms in total. The van der Waals surface area contributed by atoms with Gasteiger partial charge in [0.1, 0.15) is 0 Å². The van der Waals surface area contributed by atoms with Gasteiger partial charge in [0.15, 0.2) is 0 Å². The van der Waals surface area contributed by atoms with E-state index in [1.807, 2.05) is 11.8 Å². The molecule has 1 atom stereocenters. The van der Waals surface area contributed by atoms with Gasteiger partial charge < -0.3 is 10.6 Å². The van der Waals surface area contributed by atoms with Crippen molar-refractivity contribution in [3.05, 3.63) is 0 Å². The van der Waals surface area contributed by atoms with E-state index in [0.29, 0.717) is 12.5 Å². The molecule has 0 aliphatic carbocycles. The van der Waals surface area contributed by atoms with Crippen LogP contribution in [0.5, 0.6) is 0 Å². The van der Waals surface area contributed by atoms with Crippen LogP contribution in [0.4, 0.5) is 0 Å². The zero-order valence-electron chi connectivity index (χ0n) is 10.6. The van der Waals surface area contributed by atoms with E-state index >= 15 is 0 Å². The first-order valence-corrected chi connectivity index (χ1v) is 6.04. The molecule has 1 amide bonds. The first-order valence-electron chi connectivity index (χ1n) is 6.04. The molecule has 15 heavy (non-hydrogen) atoms. The lowest BCUT2D eigenvalue weighted by Crippen LogP contribution is -2.37. The lowest BCUT2D eigenvalue weighted by atomic mass is 10.1. The average molecular weight is 214 g/mol. The molecule has 0 bridgehead atoms. The number of hydrogen-bond donors (Lipinski definition) is 1. The Morgan fingerprint density at radius 1 is 1.33 bits per heavy atom. The van der Waals surface area contributed by atoms with E-state index in [1.54, 1.807) is 0 Å². The van der Waals surface area contributed by atoms with Gasteiger partial charge in [0.05, 0.1) is 0 Å². The second kappa shape index (κ2) is 7.69. The number of carbonyl (C=O) groups is 1. The molecule has 0 saturated carbocycles. The van der Waals surface area contributed by atoms with Gasteiger partial charge in [-0.15, -0.1) is 0 Å². The minimum atomic E-state index is 0.205. The predicted octanol–water partition coefficient (Wildman–Crippen LogP) is 2.15. The Bertz CT molecular complexity index is 178. The number of carbonyl (C=O) groups excluding carboxylic acids is 1. The Hall–Kier alpha value is -0.570. The van der Waals surface area contributed by atoms with Crippen molar-refractivity contribution >= 4 is 5.91 Å². The highest BCUT2D eigenvalue weighted by Crippen LogP contribution is 2.07. The van der Waals surface area contributed by atoms with Gasteiger partial charge in [0.25, 0.3) is 0 Å². The third-order valence-corrected chi connectivity index (χ3v) is 2.46. The molecule has 0 aliphatic rings. The normalized spacial score (nSPS) is 12.9. The van der Waals surface area contributed by atoms with Crippen LogP contribution < -0.4 is 5.73 Å². The Labute approximate surface area is 94.0 Å². The maximum Gasteiger partial charge on any atom is 0.222 e. The Morgan fingerprint density at radius 3 is 2.33 bits per heavy atom. The molecular formula is C12H26N2O. The third-order valence-electron chi connectivity index (χ3n) is 2.46. The zero-order valence-corrected chi connectivity index (χ0v) is 10.6. The Balaban J connectivity index is 3.92. The summed E-state index contributed by atoms with van der Waals surface area (Å²) in [6, 6.07) is 0.518. The monoisotopic (exact) mass is 214 g/mol. The van der Waals surface area contributed by atoms with E-state index in [9.17, 15) is 4.79 Å². The van der Waals surface area contributed by atoms with Crippen molar-refractivity contribution < 1.29 is 4.79 Å². The van der Waals surface area contributed by atoms with Gasteiger partial charge in [-0.1, -0.05) is 6.92 Å². The predicted molar refractivity (Wildman–Crippen MR) is 64.6 cm³/mol. The number of nitrogens with two attached hydrogens (primary N) is 1. The van der Waals surface area contributed by atoms with Crippen LogP contribution >= 0.6 is 0 Å². The molecule has 0 spiro atoms. The van der Waals surface area contributed by atoms with Crippen LogP contribution in [0.1, 0.15) is 53.4 Å². The third kappa shape index (κ3) is 6.50. The fourth-order valence-corrected chi connectivity index (χ4v) is 1.63. The van der Waals surface area contributed by atoms with Crippen molar-refractivity contribution in [3.8, 4) is 0 Å². The van der Waals surface area contributed by atoms with Crippen molar-refractivity contribution in [3.63, 3.8) is 0 Å². The lowest BCUT2D eigenvalue weighted by Gasteiger charge is -2.26. The second-order valence-electron chi connectivity index (χ2n) is 4.55. The maximum absolute atomic E-state index is 11.8. The molecular weight excluding hydrogens is 188 g/mol. The summed E-state index contributed by atoms with van der Waals surface area (Å²) in [5.41, 5.74) is 5.65. The zero-order chi connectivity index (χ0) is 11.8. The van der Waals surface area contributed by atoms with Crippen molar-refractivity contribution in [2.24, 2.45) is 5.73 Å². The summed E-state index contributed by atoms with van der Waals surface area (Å²) in [5, 5.41) is 0. The lowest BCUT2D eigenvalue weighted by molar-refractivity contribution is -0.133. The summed E-state index contributed by atoms with van der Waals surface area (Å²) < 4.78 is 0. The molecule has 0 fully saturated rings. The quantitative estimate of drug-likeness (QED) is 0.706. The first-order chi connectivity index (χ1) is 6.99. The smallest absolute Gasteiger partial charge is 0.222 e. The van der Waals surface area contributed by atoms with E-state index in [-0.39, 0.29) is 11.9 Å². The van der Waals surface area contributed by atoms with E-state index in [4.69, 9.17) is 5.73 Å². The summed E-state index contributed by atoms with van der Waals surface area (Å²) in [6.07, 6.45) is 3.50. The van der Waals surface area contributed by atoms with Crippen molar-refractivity contribution in [2.75, 3.05) is 6.54 Å². The standard InChI is InChI=1S/C12H26N2O/c1-5-9-14(10(2)3)12(15)8-6-7-11(4)13/h10-11H,5-9,13H2,1-4H3. The number of hydrogen-bond acceptors (Lipinski definition) is 2. The van der Waals surface area contributed by atoms with Crippen LogP contribution in [0.2, 0.25) is 0 Å². The molecule has 0 aromatic heterocycles. The fraction of sp³-hybridized carbons (Fsp3) is 0.917. The summed E-state index contributed by atoms with van der Waals surface area (Å²) in [7, 11) is 0. The van der Waals surface area contributed by atoms with E-state index < -0.39 is 0 Å². The van der Waals surface area contributed by atoms with E-state index in [0.717, 1.165) is 25.8 Å². The second-order valence-corrected chi connectivity index (χ2v) is 4.55. The average Bonchev–Trinajstić information content (AvgIpc) is 2.12. The van der Waals surface area contributed by atoms with E-state index in [1.165, 1.54) is 0 Å². The van der Waals surface area contributed by atoms with Crippen LogP contribution in [0.15, 0.2) is 0 Å². The maximum atomic E-state index is 11.8. The largest absolute Gasteiger partial charge is 0.340 e. The van der Waals surface area contributed by atoms with Crippen LogP contribution in [0.25, 0.3) is 0 Å². The minimum Gasteiger partial charge on any atom is -0.340 e. The minimum absolute atomic E-state index is 0.205. The highest BCUT2D eigenvalue weighted by molar-refractivity contribution is 5.76. The molecule has 0 heterocycles. The summed E-state index contributed by atoms with van der Waals surface area (Å²) in [6.45, 7) is 9.09. The SMILES string of the molecule is CCCN(C(=O)CCCC(C)N)C(C)C. The van der Waals surface area contributed by atoms with Gasteiger partial charge in [0.2, 0.25) is 5.91 Å². The highest BCUT2D eigenvalue weighted by Gasteiger charge is 2.15. The van der Waals surface area contributed by atoms with Gasteiger partial charge >= 0.3 is 0 Å². The molecule has 90 valence electrons. The highest BCUT2D eigenvalue weighted by atomic mass is 16.2. The molecule has 0 radical (unpaired) electrons. The Kier molecular flexibility index (Phi) is 7.39. The van der Waals surface area contributed by atoms with Crippen LogP contribution in [0, 0.1) is 0 Å². The topological polar surface area (TPSA) is 46.3 Å². The first kappa shape index (κ1) is 14.4. The number of nitrogens with zero attached hydrogens (tertiary/aromatic N) is 1. The number of rotatable bonds is 7. The molecule has 0 saturated heterocycles. The van der Waals surface area contributed by atoms with Gasteiger partial charge in [-0.25, -0.2) is 0 Å². The molecule has 0 aromatic rings.